The van der Waals surface area contributed by atoms with E-state index >= 15 is 0 Å². The summed E-state index contributed by atoms with van der Waals surface area (Å²) in [6, 6.07) is -1.31. The Morgan fingerprint density at radius 2 is 3.25 bits per heavy atom. The van der Waals surface area contributed by atoms with Crippen LogP contribution in [0.25, 0.3) is 0 Å². The van der Waals surface area contributed by atoms with E-state index in [0.717, 1.165) is 0 Å². The van der Waals surface area contributed by atoms with Crippen LogP contribution in [0.1, 0.15) is 2.74 Å². The number of rotatable bonds is 1. The Kier molecular flexibility index (Phi) is 1.55. The highest BCUT2D eigenvalue weighted by atomic mass is 32.0. The normalized spacial score (nSPS) is 29.8. The molecule has 0 rings (SSSR count). The van der Waals surface area contributed by atoms with Crippen LogP contribution in [0.15, 0.2) is 0 Å². The van der Waals surface area contributed by atoms with E-state index in [1.165, 1.54) is 7.85 Å². The van der Waals surface area contributed by atoms with Crippen LogP contribution in [0.5, 0.6) is 0 Å². The smallest absolute Gasteiger partial charge is 0.106 e. The van der Waals surface area contributed by atoms with E-state index in [1.54, 1.807) is 0 Å². The molecule has 4 heavy (non-hydrogen) atoms. The molecule has 0 aliphatic carbocycles. The second-order valence-corrected chi connectivity index (χ2v) is 1.83. The average molecular weight is 96.8 g/mol. The van der Waals surface area contributed by atoms with Crippen LogP contribution in [0.3, 0.4) is 0 Å². The quantitative estimate of drug-likeness (QED) is 0.320. The van der Waals surface area contributed by atoms with Gasteiger partial charge in [-0.15, -0.1) is 17.1 Å². The minimum Gasteiger partial charge on any atom is -0.115 e. The van der Waals surface area contributed by atoms with E-state index in [9.17, 15) is 0 Å². The third-order valence-electron chi connectivity index (χ3n) is 0.129. The monoisotopic (exact) mass is 97.0 g/mol. The van der Waals surface area contributed by atoms with Gasteiger partial charge in [0.15, 0.2) is 0 Å². The van der Waals surface area contributed by atoms with Gasteiger partial charge in [0.2, 0.25) is 0 Å². The third kappa shape index (κ3) is 2.92. The van der Waals surface area contributed by atoms with Gasteiger partial charge in [-0.3, -0.25) is 0 Å². The first-order valence-electron chi connectivity index (χ1n) is 2.43. The van der Waals surface area contributed by atoms with E-state index in [4.69, 9.17) is 4.02 Å². The predicted octanol–water partition coefficient (Wildman–Crippen LogP) is 0.0456. The summed E-state index contributed by atoms with van der Waals surface area (Å²) in [4.78, 5) is 0. The van der Waals surface area contributed by atoms with Crippen LogP contribution in [0.2, 0.25) is 0 Å². The van der Waals surface area contributed by atoms with Crippen LogP contribution in [-0.2, 0) is 0 Å². The highest BCUT2D eigenvalue weighted by Crippen LogP contribution is 2.15. The molecule has 2 unspecified atom stereocenters. The predicted molar refractivity (Wildman–Crippen MR) is 31.4 cm³/mol. The molecular weight excluding hydrogens is 84.8 g/mol. The molecule has 0 fully saturated rings. The molecular formula is CH7BP2. The fraction of sp³-hybridized carbons (Fsp3) is 1.00. The first-order valence-corrected chi connectivity index (χ1v) is 3.49. The van der Waals surface area contributed by atoms with Gasteiger partial charge in [-0.05, 0) is 0 Å². The molecule has 0 aromatic rings. The molecule has 0 radical (unpaired) electrons. The van der Waals surface area contributed by atoms with Gasteiger partial charge >= 0.3 is 0 Å². The summed E-state index contributed by atoms with van der Waals surface area (Å²) in [7, 11) is 2.33. The molecule has 0 saturated carbocycles. The molecule has 0 aliphatic heterocycles. The Labute approximate surface area is 36.1 Å². The number of hydrogen-bond donors (Lipinski definition) is 0. The van der Waals surface area contributed by atoms with E-state index in [0.29, 0.717) is 0 Å². The first-order chi connectivity index (χ1) is 2.94. The maximum Gasteiger partial charge on any atom is 0.106 e. The van der Waals surface area contributed by atoms with E-state index < -0.39 is 14.2 Å². The lowest BCUT2D eigenvalue weighted by molar-refractivity contribution is 2.24. The molecule has 24 valence electrons. The Hall–Kier alpha value is 0.925. The molecule has 0 bridgehead atoms. The minimum atomic E-state index is -1.31. The molecule has 0 saturated heterocycles. The van der Waals surface area contributed by atoms with Crippen LogP contribution in [0, 0.1) is 0 Å². The molecule has 0 heterocycles. The van der Waals surface area contributed by atoms with Crippen molar-refractivity contribution in [1.82, 2.24) is 0 Å². The van der Waals surface area contributed by atoms with Crippen LogP contribution in [0.4, 0.5) is 0 Å². The Morgan fingerprint density at radius 1 is 3.00 bits per heavy atom. The number of hydrogen-bond acceptors (Lipinski definition) is 0. The van der Waals surface area contributed by atoms with Gasteiger partial charge in [0.05, 0.1) is 1.28 Å². The second-order valence-electron chi connectivity index (χ2n) is 0.353. The van der Waals surface area contributed by atoms with Gasteiger partial charge in [-0.1, -0.05) is 6.01 Å². The Bertz CT molecular complexity index is 58.4. The largest absolute Gasteiger partial charge is 0.115 e. The van der Waals surface area contributed by atoms with E-state index in [2.05, 4.69) is 8.93 Å². The van der Waals surface area contributed by atoms with E-state index in [-0.39, 0.29) is 0 Å². The summed E-state index contributed by atoms with van der Waals surface area (Å²) >= 11 is 0. The molecule has 0 aromatic carbocycles. The lowest BCUT2D eigenvalue weighted by Gasteiger charge is -1.68. The fourth-order valence-corrected chi connectivity index (χ4v) is 0. The van der Waals surface area contributed by atoms with Crippen LogP contribution >= 0.6 is 17.1 Å². The SMILES string of the molecule is [2H]P(P)C([3H])([3H])B. The summed E-state index contributed by atoms with van der Waals surface area (Å²) in [6.07, 6.45) is 0. The molecule has 0 N–H and O–H groups in total. The van der Waals surface area contributed by atoms with Crippen LogP contribution in [-0.4, -0.2) is 15.1 Å². The topological polar surface area (TPSA) is 0 Å². The maximum absolute atomic E-state index is 6.88. The summed E-state index contributed by atoms with van der Waals surface area (Å²) in [6.45, 7) is 0. The van der Waals surface area contributed by atoms with Crippen molar-refractivity contribution < 1.29 is 2.74 Å². The fourth-order valence-electron chi connectivity index (χ4n) is 0. The molecule has 0 nitrogen and oxygen atoms in total. The standard InChI is InChI=1S/CH7BP2/c2-1-4-3/h4H,1-3H2/i1T2,4D. The highest BCUT2D eigenvalue weighted by Gasteiger charge is 1.56. The molecule has 0 amide bonds. The molecule has 3 heteroatoms. The van der Waals surface area contributed by atoms with Crippen molar-refractivity contribution in [2.24, 2.45) is 0 Å². The van der Waals surface area contributed by atoms with Crippen molar-refractivity contribution in [3.63, 3.8) is 0 Å². The second kappa shape index (κ2) is 3.92. The molecule has 0 spiro atoms. The average Bonchev–Trinajstić information content (AvgIpc) is 1.31. The zero-order chi connectivity index (χ0) is 6.08. The van der Waals surface area contributed by atoms with Crippen molar-refractivity contribution in [3.05, 3.63) is 0 Å². The Balaban J connectivity index is 3.54. The van der Waals surface area contributed by atoms with Crippen LogP contribution < -0.4 is 0 Å². The van der Waals surface area contributed by atoms with Gasteiger partial charge in [0.25, 0.3) is 0 Å². The van der Waals surface area contributed by atoms with Gasteiger partial charge in [-0.25, -0.2) is 0 Å². The van der Waals surface area contributed by atoms with E-state index in [1.807, 2.05) is 0 Å². The third-order valence-corrected chi connectivity index (χ3v) is 1.16. The zero-order valence-corrected chi connectivity index (χ0v) is 4.57. The van der Waals surface area contributed by atoms with Crippen molar-refractivity contribution in [3.8, 4) is 0 Å². The van der Waals surface area contributed by atoms with Crippen molar-refractivity contribution in [1.29, 1.82) is 1.28 Å². The van der Waals surface area contributed by atoms with Gasteiger partial charge in [0.1, 0.15) is 7.85 Å². The zero-order valence-electron chi connectivity index (χ0n) is 5.52. The minimum absolute atomic E-state index is 1.24. The van der Waals surface area contributed by atoms with Crippen molar-refractivity contribution in [2.45, 2.75) is 0 Å². The maximum atomic E-state index is 6.88. The van der Waals surface area contributed by atoms with Gasteiger partial charge in [0, 0.05) is 2.74 Å². The Morgan fingerprint density at radius 3 is 3.25 bits per heavy atom. The summed E-state index contributed by atoms with van der Waals surface area (Å²) in [5, 5.41) is 0. The summed E-state index contributed by atoms with van der Waals surface area (Å²) in [5.74, 6) is 0. The molecule has 0 aromatic heterocycles. The molecule has 2 atom stereocenters. The molecule has 0 aliphatic rings. The summed E-state index contributed by atoms with van der Waals surface area (Å²) in [5.41, 5.74) is 0. The lowest BCUT2D eigenvalue weighted by Crippen LogP contribution is -1.55. The van der Waals surface area contributed by atoms with Crippen molar-refractivity contribution in [2.75, 3.05) is 6.01 Å². The summed E-state index contributed by atoms with van der Waals surface area (Å²) < 4.78 is 20.6. The first kappa shape index (κ1) is 1.58. The van der Waals surface area contributed by atoms with Crippen molar-refractivity contribution >= 4 is 25.0 Å². The lowest BCUT2D eigenvalue weighted by atomic mass is 10.2. The van der Waals surface area contributed by atoms with Gasteiger partial charge < -0.3 is 0 Å². The highest BCUT2D eigenvalue weighted by molar-refractivity contribution is 8.03. The van der Waals surface area contributed by atoms with Gasteiger partial charge in [-0.2, -0.15) is 0 Å².